The van der Waals surface area contributed by atoms with Gasteiger partial charge < -0.3 is 14.9 Å². The Balaban J connectivity index is 1.36. The number of aromatic nitrogens is 3. The van der Waals surface area contributed by atoms with E-state index in [1.54, 1.807) is 4.90 Å². The van der Waals surface area contributed by atoms with Crippen LogP contribution in [0.3, 0.4) is 0 Å². The molecule has 0 bridgehead atoms. The van der Waals surface area contributed by atoms with Crippen molar-refractivity contribution in [1.29, 1.82) is 0 Å². The minimum absolute atomic E-state index is 0.298. The lowest BCUT2D eigenvalue weighted by Gasteiger charge is -2.35. The largest absolute Gasteiger partial charge is 0.374 e. The zero-order chi connectivity index (χ0) is 23.5. The summed E-state index contributed by atoms with van der Waals surface area (Å²) in [5.41, 5.74) is 1.21. The number of nitrogens with zero attached hydrogens (tertiary/aromatic N) is 5. The zero-order valence-electron chi connectivity index (χ0n) is 18.5. The Morgan fingerprint density at radius 2 is 1.38 bits per heavy atom. The quantitative estimate of drug-likeness (QED) is 0.440. The third-order valence-corrected chi connectivity index (χ3v) is 6.69. The van der Waals surface area contributed by atoms with Crippen molar-refractivity contribution in [3.63, 3.8) is 0 Å². The minimum atomic E-state index is -1.53. The Hall–Kier alpha value is -3.49. The summed E-state index contributed by atoms with van der Waals surface area (Å²) >= 11 is 3.46. The van der Waals surface area contributed by atoms with Gasteiger partial charge in [0.15, 0.2) is 5.60 Å². The van der Waals surface area contributed by atoms with E-state index in [-0.39, 0.29) is 6.03 Å². The number of hydrogen-bond donors (Lipinski definition) is 1. The highest BCUT2D eigenvalue weighted by molar-refractivity contribution is 9.10. The lowest BCUT2D eigenvalue weighted by molar-refractivity contribution is 0.120. The van der Waals surface area contributed by atoms with Gasteiger partial charge in [-0.05, 0) is 35.4 Å². The fourth-order valence-corrected chi connectivity index (χ4v) is 4.54. The van der Waals surface area contributed by atoms with E-state index in [2.05, 4.69) is 43.2 Å². The summed E-state index contributed by atoms with van der Waals surface area (Å²) in [5.74, 6) is 0. The van der Waals surface area contributed by atoms with Crippen LogP contribution in [0.2, 0.25) is 0 Å². The molecule has 1 fully saturated rings. The van der Waals surface area contributed by atoms with Crippen LogP contribution in [0.5, 0.6) is 0 Å². The maximum Gasteiger partial charge on any atom is 0.362 e. The molecule has 0 radical (unpaired) electrons. The number of hydrogen-bond acceptors (Lipinski definition) is 5. The molecule has 5 rings (SSSR count). The van der Waals surface area contributed by atoms with E-state index in [1.165, 1.54) is 6.20 Å². The molecule has 1 aliphatic rings. The molecule has 7 nitrogen and oxygen atoms in total. The summed E-state index contributed by atoms with van der Waals surface area (Å²) in [6.45, 7) is 2.57. The zero-order valence-corrected chi connectivity index (χ0v) is 20.0. The van der Waals surface area contributed by atoms with E-state index in [0.29, 0.717) is 29.9 Å². The van der Waals surface area contributed by atoms with Gasteiger partial charge in [-0.25, -0.2) is 4.79 Å². The lowest BCUT2D eigenvalue weighted by Crippen LogP contribution is -2.50. The molecule has 1 amide bonds. The fourth-order valence-electron chi connectivity index (χ4n) is 4.28. The molecule has 3 aromatic carbocycles. The van der Waals surface area contributed by atoms with Crippen LogP contribution in [-0.4, -0.2) is 57.2 Å². The van der Waals surface area contributed by atoms with Gasteiger partial charge in [-0.1, -0.05) is 81.4 Å². The maximum atomic E-state index is 13.2. The van der Waals surface area contributed by atoms with Gasteiger partial charge in [0.2, 0.25) is 0 Å². The van der Waals surface area contributed by atoms with Gasteiger partial charge in [0.1, 0.15) is 5.69 Å². The molecule has 1 aromatic heterocycles. The third-order valence-electron chi connectivity index (χ3n) is 6.16. The molecule has 1 N–H and O–H groups in total. The summed E-state index contributed by atoms with van der Waals surface area (Å²) in [6, 6.07) is 26.5. The summed E-state index contributed by atoms with van der Waals surface area (Å²) in [5, 5.41) is 20.5. The van der Waals surface area contributed by atoms with Crippen LogP contribution in [-0.2, 0) is 5.60 Å². The lowest BCUT2D eigenvalue weighted by atomic mass is 9.84. The Morgan fingerprint density at radius 1 is 0.824 bits per heavy atom. The van der Waals surface area contributed by atoms with Gasteiger partial charge in [0.25, 0.3) is 0 Å². The number of carbonyl (C=O) groups is 1. The molecular formula is C26H24BrN5O2. The van der Waals surface area contributed by atoms with E-state index >= 15 is 0 Å². The molecule has 1 saturated heterocycles. The third kappa shape index (κ3) is 4.22. The van der Waals surface area contributed by atoms with Crippen LogP contribution in [0.4, 0.5) is 10.5 Å². The Kier molecular flexibility index (Phi) is 6.17. The summed E-state index contributed by atoms with van der Waals surface area (Å²) in [4.78, 5) is 18.2. The first-order chi connectivity index (χ1) is 16.6. The van der Waals surface area contributed by atoms with E-state index in [9.17, 15) is 9.90 Å². The van der Waals surface area contributed by atoms with Crippen molar-refractivity contribution < 1.29 is 9.90 Å². The number of benzene rings is 3. The SMILES string of the molecule is O=C(N1CCN(c2ccc(Br)cc2)CC1)n1ncc(C(O)(c2ccccc2)c2ccccc2)n1. The topological polar surface area (TPSA) is 74.5 Å². The molecule has 0 unspecified atom stereocenters. The Labute approximate surface area is 206 Å². The highest BCUT2D eigenvalue weighted by atomic mass is 79.9. The first-order valence-corrected chi connectivity index (χ1v) is 11.9. The number of halogens is 1. The van der Waals surface area contributed by atoms with Crippen LogP contribution in [0.15, 0.2) is 95.6 Å². The van der Waals surface area contributed by atoms with Gasteiger partial charge in [0, 0.05) is 36.3 Å². The molecule has 4 aromatic rings. The second-order valence-electron chi connectivity index (χ2n) is 8.19. The summed E-state index contributed by atoms with van der Waals surface area (Å²) < 4.78 is 1.04. The minimum Gasteiger partial charge on any atom is -0.374 e. The van der Waals surface area contributed by atoms with Crippen molar-refractivity contribution in [3.8, 4) is 0 Å². The van der Waals surface area contributed by atoms with Crippen molar-refractivity contribution in [2.75, 3.05) is 31.1 Å². The van der Waals surface area contributed by atoms with Gasteiger partial charge in [-0.15, -0.1) is 5.10 Å². The standard InChI is InChI=1S/C26H24BrN5O2/c27-22-11-13-23(14-12-22)30-15-17-31(18-16-30)25(33)32-28-19-24(29-32)26(34,20-7-3-1-4-8-20)21-9-5-2-6-10-21/h1-14,19,34H,15-18H2. The number of anilines is 1. The summed E-state index contributed by atoms with van der Waals surface area (Å²) in [6.07, 6.45) is 1.47. The van der Waals surface area contributed by atoms with Crippen molar-refractivity contribution in [2.45, 2.75) is 5.60 Å². The number of amides is 1. The smallest absolute Gasteiger partial charge is 0.362 e. The number of carbonyl (C=O) groups excluding carboxylic acids is 1. The van der Waals surface area contributed by atoms with Crippen LogP contribution in [0.1, 0.15) is 16.8 Å². The van der Waals surface area contributed by atoms with Crippen LogP contribution < -0.4 is 4.90 Å². The summed E-state index contributed by atoms with van der Waals surface area (Å²) in [7, 11) is 0. The molecule has 0 saturated carbocycles. The predicted molar refractivity (Wildman–Crippen MR) is 134 cm³/mol. The Morgan fingerprint density at radius 3 is 1.94 bits per heavy atom. The van der Waals surface area contributed by atoms with E-state index in [4.69, 9.17) is 0 Å². The average Bonchev–Trinajstić information content (AvgIpc) is 3.40. The molecule has 8 heteroatoms. The van der Waals surface area contributed by atoms with Gasteiger partial charge in [-0.2, -0.15) is 5.10 Å². The molecule has 34 heavy (non-hydrogen) atoms. The predicted octanol–water partition coefficient (Wildman–Crippen LogP) is 4.12. The van der Waals surface area contributed by atoms with Crippen LogP contribution in [0, 0.1) is 0 Å². The fraction of sp³-hybridized carbons (Fsp3) is 0.192. The van der Waals surface area contributed by atoms with Crippen molar-refractivity contribution in [1.82, 2.24) is 19.9 Å². The van der Waals surface area contributed by atoms with Gasteiger partial charge in [0.05, 0.1) is 6.20 Å². The average molecular weight is 518 g/mol. The van der Waals surface area contributed by atoms with E-state index in [0.717, 1.165) is 28.0 Å². The first-order valence-electron chi connectivity index (χ1n) is 11.1. The van der Waals surface area contributed by atoms with Crippen LogP contribution >= 0.6 is 15.9 Å². The van der Waals surface area contributed by atoms with Gasteiger partial charge in [-0.3, -0.25) is 0 Å². The highest BCUT2D eigenvalue weighted by Gasteiger charge is 2.37. The molecule has 0 spiro atoms. The Bertz CT molecular complexity index is 1210. The molecule has 172 valence electrons. The number of piperazine rings is 1. The van der Waals surface area contributed by atoms with Crippen molar-refractivity contribution >= 4 is 27.6 Å². The second-order valence-corrected chi connectivity index (χ2v) is 9.11. The molecule has 0 aliphatic carbocycles. The van der Waals surface area contributed by atoms with E-state index in [1.807, 2.05) is 72.8 Å². The normalized spacial score (nSPS) is 14.3. The maximum absolute atomic E-state index is 13.2. The monoisotopic (exact) mass is 517 g/mol. The first kappa shape index (κ1) is 22.3. The van der Waals surface area contributed by atoms with E-state index < -0.39 is 5.60 Å². The molecular weight excluding hydrogens is 494 g/mol. The van der Waals surface area contributed by atoms with Crippen LogP contribution in [0.25, 0.3) is 0 Å². The molecule has 2 heterocycles. The second kappa shape index (κ2) is 9.40. The molecule has 1 aliphatic heterocycles. The number of aliphatic hydroxyl groups is 1. The number of rotatable bonds is 4. The molecule has 0 atom stereocenters. The van der Waals surface area contributed by atoms with Crippen molar-refractivity contribution in [3.05, 3.63) is 112 Å². The highest BCUT2D eigenvalue weighted by Crippen LogP contribution is 2.35. The van der Waals surface area contributed by atoms with Crippen molar-refractivity contribution in [2.24, 2.45) is 0 Å². The van der Waals surface area contributed by atoms with Gasteiger partial charge >= 0.3 is 6.03 Å².